The molecule has 192 valence electrons. The topological polar surface area (TPSA) is 104 Å². The SMILES string of the molecule is Cc1cn([C@@H]2O[C@@]34CN[C@@H]2[C@@H]3O[Si](C(C)C)(C(C)C)O[Si](C(C)C)(C(C)C)OC4)c(=O)[nH]c1=O. The molecule has 3 saturated heterocycles. The van der Waals surface area contributed by atoms with Crippen molar-refractivity contribution >= 4 is 17.1 Å². The second-order valence-corrected chi connectivity index (χ2v) is 20.3. The van der Waals surface area contributed by atoms with Crippen LogP contribution < -0.4 is 16.6 Å². The second-order valence-electron chi connectivity index (χ2n) is 11.4. The smallest absolute Gasteiger partial charge is 0.335 e. The van der Waals surface area contributed by atoms with E-state index in [1.165, 1.54) is 4.57 Å². The monoisotopic (exact) mass is 511 g/mol. The summed E-state index contributed by atoms with van der Waals surface area (Å²) in [4.78, 5) is 27.1. The summed E-state index contributed by atoms with van der Waals surface area (Å²) in [5.74, 6) is 0. The van der Waals surface area contributed by atoms with Crippen molar-refractivity contribution in [2.75, 3.05) is 13.2 Å². The van der Waals surface area contributed by atoms with E-state index in [1.807, 2.05) is 0 Å². The number of rotatable bonds is 5. The van der Waals surface area contributed by atoms with Gasteiger partial charge in [-0.05, 0) is 29.1 Å². The minimum absolute atomic E-state index is 0.201. The molecule has 0 amide bonds. The molecule has 2 N–H and O–H groups in total. The van der Waals surface area contributed by atoms with Gasteiger partial charge in [-0.25, -0.2) is 4.79 Å². The number of H-pyrrole nitrogens is 1. The van der Waals surface area contributed by atoms with Gasteiger partial charge in [0.15, 0.2) is 6.23 Å². The second kappa shape index (κ2) is 8.79. The Morgan fingerprint density at radius 1 is 1.00 bits per heavy atom. The van der Waals surface area contributed by atoms with Gasteiger partial charge in [0.1, 0.15) is 5.60 Å². The van der Waals surface area contributed by atoms with Gasteiger partial charge in [0, 0.05) is 18.3 Å². The van der Waals surface area contributed by atoms with Crippen LogP contribution in [0.3, 0.4) is 0 Å². The summed E-state index contributed by atoms with van der Waals surface area (Å²) in [5, 5.41) is 3.56. The zero-order valence-electron chi connectivity index (χ0n) is 21.9. The van der Waals surface area contributed by atoms with Crippen LogP contribution in [0.1, 0.15) is 67.2 Å². The van der Waals surface area contributed by atoms with Crippen molar-refractivity contribution in [3.63, 3.8) is 0 Å². The molecule has 0 aliphatic carbocycles. The summed E-state index contributed by atoms with van der Waals surface area (Å²) < 4.78 is 29.5. The summed E-state index contributed by atoms with van der Waals surface area (Å²) in [6.07, 6.45) is 0.649. The molecule has 0 saturated carbocycles. The number of aromatic amines is 1. The number of hydrogen-bond donors (Lipinski definition) is 2. The number of nitrogens with zero attached hydrogens (tertiary/aromatic N) is 1. The predicted octanol–water partition coefficient (Wildman–Crippen LogP) is 3.04. The van der Waals surface area contributed by atoms with Crippen molar-refractivity contribution in [1.82, 2.24) is 14.9 Å². The molecule has 0 radical (unpaired) electrons. The maximum atomic E-state index is 12.7. The largest absolute Gasteiger partial charge is 0.414 e. The zero-order chi connectivity index (χ0) is 25.2. The van der Waals surface area contributed by atoms with Gasteiger partial charge in [-0.1, -0.05) is 55.4 Å². The lowest BCUT2D eigenvalue weighted by molar-refractivity contribution is -0.137. The van der Waals surface area contributed by atoms with Gasteiger partial charge in [-0.2, -0.15) is 0 Å². The van der Waals surface area contributed by atoms with Gasteiger partial charge in [0.25, 0.3) is 5.56 Å². The molecule has 4 atom stereocenters. The van der Waals surface area contributed by atoms with Crippen LogP contribution in [0, 0.1) is 6.92 Å². The molecule has 2 bridgehead atoms. The molecule has 1 aromatic heterocycles. The quantitative estimate of drug-likeness (QED) is 0.586. The third-order valence-corrected chi connectivity index (χ3v) is 18.2. The molecule has 0 spiro atoms. The van der Waals surface area contributed by atoms with Crippen LogP contribution in [0.5, 0.6) is 0 Å². The fraction of sp³-hybridized carbons (Fsp3) is 0.826. The number of aromatic nitrogens is 2. The molecule has 1 aromatic rings. The van der Waals surface area contributed by atoms with E-state index < -0.39 is 34.6 Å². The Hall–Kier alpha value is -1.09. The minimum Gasteiger partial charge on any atom is -0.414 e. The van der Waals surface area contributed by atoms with Crippen molar-refractivity contribution in [2.45, 2.75) is 108 Å². The van der Waals surface area contributed by atoms with E-state index in [2.05, 4.69) is 65.7 Å². The molecule has 0 unspecified atom stereocenters. The fourth-order valence-corrected chi connectivity index (χ4v) is 17.3. The van der Waals surface area contributed by atoms with Crippen LogP contribution in [0.4, 0.5) is 0 Å². The van der Waals surface area contributed by atoms with Gasteiger partial charge < -0.3 is 23.0 Å². The van der Waals surface area contributed by atoms with E-state index in [0.29, 0.717) is 18.7 Å². The van der Waals surface area contributed by atoms with Gasteiger partial charge in [0.05, 0.1) is 18.8 Å². The van der Waals surface area contributed by atoms with Crippen molar-refractivity contribution in [1.29, 1.82) is 0 Å². The highest BCUT2D eigenvalue weighted by Gasteiger charge is 2.68. The Morgan fingerprint density at radius 3 is 2.15 bits per heavy atom. The first-order chi connectivity index (χ1) is 15.8. The molecule has 3 fully saturated rings. The van der Waals surface area contributed by atoms with Crippen molar-refractivity contribution in [3.8, 4) is 0 Å². The molecule has 4 heterocycles. The van der Waals surface area contributed by atoms with Gasteiger partial charge in [-0.15, -0.1) is 0 Å². The first-order valence-corrected chi connectivity index (χ1v) is 16.5. The van der Waals surface area contributed by atoms with Crippen molar-refractivity contribution in [2.24, 2.45) is 0 Å². The van der Waals surface area contributed by atoms with Crippen molar-refractivity contribution < 1.29 is 17.7 Å². The molecule has 11 heteroatoms. The molecular weight excluding hydrogens is 470 g/mol. The molecule has 3 aliphatic rings. The lowest BCUT2D eigenvalue weighted by Crippen LogP contribution is -2.67. The molecule has 9 nitrogen and oxygen atoms in total. The lowest BCUT2D eigenvalue weighted by atomic mass is 10.0. The van der Waals surface area contributed by atoms with Crippen LogP contribution >= 0.6 is 0 Å². The first-order valence-electron chi connectivity index (χ1n) is 12.5. The normalized spacial score (nSPS) is 32.4. The van der Waals surface area contributed by atoms with E-state index in [-0.39, 0.29) is 39.9 Å². The summed E-state index contributed by atoms with van der Waals surface area (Å²) >= 11 is 0. The summed E-state index contributed by atoms with van der Waals surface area (Å²) in [5.41, 5.74) is -0.266. The number of aryl methyl sites for hydroxylation is 1. The maximum Gasteiger partial charge on any atom is 0.335 e. The maximum absolute atomic E-state index is 12.7. The standard InChI is InChI=1S/C23H41N3O6Si2/c1-13(2)33(14(3)4)29-12-23-11-24-18(19(23)31-34(32-33,15(5)6)16(7)8)21(30-23)26-10-17(9)20(27)25-22(26)28/h10,13-16,18-19,21,24H,11-12H2,1-9H3,(H,25,27,28)/t18-,19+,21-,23-/m1/s1. The Kier molecular flexibility index (Phi) is 6.72. The highest BCUT2D eigenvalue weighted by atomic mass is 28.5. The Balaban J connectivity index is 1.84. The minimum atomic E-state index is -2.81. The summed E-state index contributed by atoms with van der Waals surface area (Å²) in [6.45, 7) is 20.2. The van der Waals surface area contributed by atoms with E-state index in [0.717, 1.165) is 0 Å². The highest BCUT2D eigenvalue weighted by Crippen LogP contribution is 2.52. The molecule has 4 rings (SSSR count). The average Bonchev–Trinajstić information content (AvgIpc) is 3.21. The molecule has 3 aliphatic heterocycles. The fourth-order valence-electron chi connectivity index (χ4n) is 6.00. The number of ether oxygens (including phenoxy) is 1. The Bertz CT molecular complexity index is 1020. The van der Waals surface area contributed by atoms with Crippen LogP contribution in [-0.2, 0) is 17.7 Å². The third-order valence-electron chi connectivity index (χ3n) is 7.96. The predicted molar refractivity (Wildman–Crippen MR) is 135 cm³/mol. The van der Waals surface area contributed by atoms with E-state index in [1.54, 1.807) is 13.1 Å². The lowest BCUT2D eigenvalue weighted by Gasteiger charge is -2.52. The third kappa shape index (κ3) is 3.75. The van der Waals surface area contributed by atoms with E-state index in [9.17, 15) is 9.59 Å². The molecular formula is C23H41N3O6Si2. The van der Waals surface area contributed by atoms with Gasteiger partial charge in [-0.3, -0.25) is 14.3 Å². The molecule has 0 aromatic carbocycles. The van der Waals surface area contributed by atoms with Crippen LogP contribution in [0.25, 0.3) is 0 Å². The van der Waals surface area contributed by atoms with Gasteiger partial charge >= 0.3 is 22.8 Å². The number of hydrogen-bond acceptors (Lipinski definition) is 7. The van der Waals surface area contributed by atoms with Crippen molar-refractivity contribution in [3.05, 3.63) is 32.6 Å². The number of morpholine rings is 1. The van der Waals surface area contributed by atoms with Crippen LogP contribution in [-0.4, -0.2) is 57.6 Å². The molecule has 34 heavy (non-hydrogen) atoms. The Labute approximate surface area is 204 Å². The van der Waals surface area contributed by atoms with Gasteiger partial charge in [0.2, 0.25) is 0 Å². The van der Waals surface area contributed by atoms with Crippen LogP contribution in [0.2, 0.25) is 22.2 Å². The summed E-state index contributed by atoms with van der Waals surface area (Å²) in [6, 6.07) is -0.258. The zero-order valence-corrected chi connectivity index (χ0v) is 23.9. The summed E-state index contributed by atoms with van der Waals surface area (Å²) in [7, 11) is -5.51. The number of nitrogens with one attached hydrogen (secondary N) is 2. The highest BCUT2D eigenvalue weighted by molar-refractivity contribution is 6.84. The van der Waals surface area contributed by atoms with Crippen LogP contribution in [0.15, 0.2) is 15.8 Å². The average molecular weight is 512 g/mol. The van der Waals surface area contributed by atoms with E-state index in [4.69, 9.17) is 17.7 Å². The Morgan fingerprint density at radius 2 is 1.59 bits per heavy atom. The van der Waals surface area contributed by atoms with E-state index >= 15 is 0 Å². The first kappa shape index (κ1) is 26.0.